The Morgan fingerprint density at radius 3 is 2.81 bits per heavy atom. The molecule has 0 radical (unpaired) electrons. The number of rotatable bonds is 5. The van der Waals surface area contributed by atoms with E-state index in [0.717, 1.165) is 21.4 Å². The summed E-state index contributed by atoms with van der Waals surface area (Å²) in [7, 11) is 1.55. The maximum Gasteiger partial charge on any atom is 0.407 e. The summed E-state index contributed by atoms with van der Waals surface area (Å²) in [5, 5.41) is 10.5. The summed E-state index contributed by atoms with van der Waals surface area (Å²) >= 11 is 1.45. The van der Waals surface area contributed by atoms with Gasteiger partial charge in [-0.2, -0.15) is 0 Å². The molecule has 1 saturated heterocycles. The minimum Gasteiger partial charge on any atom is -0.485 e. The maximum absolute atomic E-state index is 15.1. The molecular weight excluding hydrogens is 499 g/mol. The van der Waals surface area contributed by atoms with Crippen molar-refractivity contribution in [2.75, 3.05) is 26.9 Å². The standard InChI is InChI=1S/C26H25FN4O5S/c1-13-7-16(22-19(8-13)29-21(34-2)11-28-22)25-30-20-10-18(27)23-17(24(20)37-25)9-15(36-23)12-31(26(32)33)14-3-5-35-6-4-14/h7-8,10-11,14-15H,3-6,9,12H2,1-2H3,(H,32,33). The fraction of sp³-hybridized carbons (Fsp3) is 0.385. The Bertz CT molecular complexity index is 1520. The minimum absolute atomic E-state index is 0.132. The van der Waals surface area contributed by atoms with Crippen LogP contribution in [-0.4, -0.2) is 70.1 Å². The number of aromatic nitrogens is 3. The minimum atomic E-state index is -0.999. The molecule has 1 atom stereocenters. The number of nitrogens with zero attached hydrogens (tertiary/aromatic N) is 4. The molecule has 1 unspecified atom stereocenters. The first kappa shape index (κ1) is 23.8. The number of halogens is 1. The van der Waals surface area contributed by atoms with Gasteiger partial charge >= 0.3 is 6.09 Å². The van der Waals surface area contributed by atoms with E-state index in [4.69, 9.17) is 19.2 Å². The van der Waals surface area contributed by atoms with Crippen molar-refractivity contribution in [1.82, 2.24) is 19.9 Å². The number of carbonyl (C=O) groups is 1. The third kappa shape index (κ3) is 4.31. The topological polar surface area (TPSA) is 107 Å². The molecular formula is C26H25FN4O5S. The van der Waals surface area contributed by atoms with Crippen LogP contribution in [0.4, 0.5) is 9.18 Å². The lowest BCUT2D eigenvalue weighted by atomic mass is 10.1. The smallest absolute Gasteiger partial charge is 0.407 e. The highest BCUT2D eigenvalue weighted by Gasteiger charge is 2.35. The molecule has 4 aromatic rings. The first-order chi connectivity index (χ1) is 17.9. The van der Waals surface area contributed by atoms with E-state index in [1.807, 2.05) is 19.1 Å². The third-order valence-electron chi connectivity index (χ3n) is 6.88. The molecule has 2 aliphatic rings. The molecule has 1 fully saturated rings. The van der Waals surface area contributed by atoms with Gasteiger partial charge in [-0.3, -0.25) is 0 Å². The predicted octanol–water partition coefficient (Wildman–Crippen LogP) is 4.83. The van der Waals surface area contributed by atoms with Gasteiger partial charge in [0.25, 0.3) is 0 Å². The van der Waals surface area contributed by atoms with Crippen LogP contribution in [0.2, 0.25) is 0 Å². The number of fused-ring (bicyclic) bond motifs is 4. The Labute approximate surface area is 215 Å². The molecule has 192 valence electrons. The summed E-state index contributed by atoms with van der Waals surface area (Å²) < 4.78 is 32.5. The second-order valence-electron chi connectivity index (χ2n) is 9.35. The molecule has 0 saturated carbocycles. The Hall–Kier alpha value is -3.57. The van der Waals surface area contributed by atoms with E-state index in [-0.39, 0.29) is 18.3 Å². The lowest BCUT2D eigenvalue weighted by Gasteiger charge is -2.33. The van der Waals surface area contributed by atoms with Crippen molar-refractivity contribution in [1.29, 1.82) is 0 Å². The van der Waals surface area contributed by atoms with E-state index in [2.05, 4.69) is 9.97 Å². The molecule has 6 rings (SSSR count). The van der Waals surface area contributed by atoms with Crippen molar-refractivity contribution in [3.63, 3.8) is 0 Å². The molecule has 2 aromatic heterocycles. The zero-order valence-corrected chi connectivity index (χ0v) is 21.2. The second-order valence-corrected chi connectivity index (χ2v) is 10.3. The van der Waals surface area contributed by atoms with Crippen molar-refractivity contribution in [3.8, 4) is 22.2 Å². The van der Waals surface area contributed by atoms with Gasteiger partial charge in [-0.15, -0.1) is 11.3 Å². The van der Waals surface area contributed by atoms with Gasteiger partial charge in [-0.1, -0.05) is 0 Å². The van der Waals surface area contributed by atoms with Gasteiger partial charge in [0.05, 0.1) is 41.1 Å². The molecule has 1 N–H and O–H groups in total. The van der Waals surface area contributed by atoms with Gasteiger partial charge in [0.15, 0.2) is 11.6 Å². The average Bonchev–Trinajstić information content (AvgIpc) is 3.51. The molecule has 0 aliphatic carbocycles. The maximum atomic E-state index is 15.1. The van der Waals surface area contributed by atoms with Crippen molar-refractivity contribution in [2.45, 2.75) is 38.3 Å². The van der Waals surface area contributed by atoms with Gasteiger partial charge in [0.2, 0.25) is 5.88 Å². The lowest BCUT2D eigenvalue weighted by molar-refractivity contribution is 0.0243. The van der Waals surface area contributed by atoms with Crippen LogP contribution < -0.4 is 9.47 Å². The number of hydrogen-bond acceptors (Lipinski definition) is 8. The van der Waals surface area contributed by atoms with E-state index in [1.165, 1.54) is 22.3 Å². The fourth-order valence-electron chi connectivity index (χ4n) is 5.15. The van der Waals surface area contributed by atoms with Gasteiger partial charge in [0.1, 0.15) is 11.1 Å². The Morgan fingerprint density at radius 1 is 1.24 bits per heavy atom. The molecule has 2 aliphatic heterocycles. The summed E-state index contributed by atoms with van der Waals surface area (Å²) in [5.74, 6) is 0.115. The number of carboxylic acid groups (broad SMARTS) is 1. The van der Waals surface area contributed by atoms with Crippen molar-refractivity contribution in [2.24, 2.45) is 0 Å². The van der Waals surface area contributed by atoms with Gasteiger partial charge in [0, 0.05) is 42.9 Å². The molecule has 0 spiro atoms. The van der Waals surface area contributed by atoms with Crippen LogP contribution in [-0.2, 0) is 11.2 Å². The molecule has 11 heteroatoms. The number of methoxy groups -OCH3 is 1. The summed E-state index contributed by atoms with van der Waals surface area (Å²) in [5.41, 5.74) is 4.45. The number of amides is 1. The van der Waals surface area contributed by atoms with Gasteiger partial charge in [-0.25, -0.2) is 24.1 Å². The van der Waals surface area contributed by atoms with Crippen LogP contribution in [0.3, 0.4) is 0 Å². The van der Waals surface area contributed by atoms with E-state index in [1.54, 1.807) is 13.3 Å². The second kappa shape index (κ2) is 9.38. The largest absolute Gasteiger partial charge is 0.485 e. The third-order valence-corrected chi connectivity index (χ3v) is 8.05. The summed E-state index contributed by atoms with van der Waals surface area (Å²) in [6.45, 7) is 3.20. The van der Waals surface area contributed by atoms with Crippen LogP contribution in [0.15, 0.2) is 24.4 Å². The fourth-order valence-corrected chi connectivity index (χ4v) is 6.26. The zero-order chi connectivity index (χ0) is 25.7. The monoisotopic (exact) mass is 524 g/mol. The van der Waals surface area contributed by atoms with Crippen LogP contribution >= 0.6 is 11.3 Å². The number of benzene rings is 2. The van der Waals surface area contributed by atoms with Crippen molar-refractivity contribution in [3.05, 3.63) is 41.3 Å². The van der Waals surface area contributed by atoms with Crippen LogP contribution in [0.25, 0.3) is 31.8 Å². The number of thiazole rings is 1. The molecule has 1 amide bonds. The van der Waals surface area contributed by atoms with Crippen molar-refractivity contribution < 1.29 is 28.5 Å². The normalized spacial score (nSPS) is 17.6. The summed E-state index contributed by atoms with van der Waals surface area (Å²) in [4.78, 5) is 27.2. The van der Waals surface area contributed by atoms with Crippen LogP contribution in [0, 0.1) is 12.7 Å². The molecule has 2 aromatic carbocycles. The zero-order valence-electron chi connectivity index (χ0n) is 20.4. The van der Waals surface area contributed by atoms with Crippen molar-refractivity contribution >= 4 is 38.7 Å². The van der Waals surface area contributed by atoms with Crippen LogP contribution in [0.1, 0.15) is 24.0 Å². The van der Waals surface area contributed by atoms with E-state index in [0.29, 0.717) is 59.9 Å². The first-order valence-corrected chi connectivity index (χ1v) is 12.9. The SMILES string of the molecule is COc1cnc2c(-c3nc4cc(F)c5c(c4s3)CC(CN(C(=O)O)C3CCOCC3)O5)cc(C)cc2n1. The Kier molecular flexibility index (Phi) is 6.04. The van der Waals surface area contributed by atoms with E-state index < -0.39 is 18.0 Å². The molecule has 37 heavy (non-hydrogen) atoms. The van der Waals surface area contributed by atoms with Gasteiger partial charge in [-0.05, 0) is 37.5 Å². The molecule has 9 nitrogen and oxygen atoms in total. The number of ether oxygens (including phenoxy) is 3. The van der Waals surface area contributed by atoms with E-state index in [9.17, 15) is 9.90 Å². The summed E-state index contributed by atoms with van der Waals surface area (Å²) in [6, 6.07) is 5.18. The molecule has 4 heterocycles. The number of aryl methyl sites for hydroxylation is 1. The Balaban J connectivity index is 1.35. The highest BCUT2D eigenvalue weighted by Crippen LogP contribution is 2.43. The highest BCUT2D eigenvalue weighted by atomic mass is 32.1. The highest BCUT2D eigenvalue weighted by molar-refractivity contribution is 7.22. The predicted molar refractivity (Wildman–Crippen MR) is 136 cm³/mol. The quantitative estimate of drug-likeness (QED) is 0.396. The van der Waals surface area contributed by atoms with E-state index >= 15 is 4.39 Å². The summed E-state index contributed by atoms with van der Waals surface area (Å²) in [6.07, 6.45) is 1.78. The average molecular weight is 525 g/mol. The van der Waals surface area contributed by atoms with Gasteiger partial charge < -0.3 is 24.2 Å². The molecule has 0 bridgehead atoms. The van der Waals surface area contributed by atoms with Crippen LogP contribution in [0.5, 0.6) is 11.6 Å². The first-order valence-electron chi connectivity index (χ1n) is 12.1. The number of hydrogen-bond donors (Lipinski definition) is 1. The lowest BCUT2D eigenvalue weighted by Crippen LogP contribution is -2.47. The Morgan fingerprint density at radius 2 is 2.05 bits per heavy atom.